The number of hydrogen-bond acceptors (Lipinski definition) is 8. The number of carbonyl (C=O) groups is 2. The summed E-state index contributed by atoms with van der Waals surface area (Å²) in [5.74, 6) is -1.99. The van der Waals surface area contributed by atoms with Gasteiger partial charge in [0.15, 0.2) is 0 Å². The Morgan fingerprint density at radius 3 is 2.47 bits per heavy atom. The van der Waals surface area contributed by atoms with Crippen LogP contribution in [0.5, 0.6) is 0 Å². The summed E-state index contributed by atoms with van der Waals surface area (Å²) in [6, 6.07) is 16.0. The molecular formula is C25H27N3O6S2. The Hall–Kier alpha value is -3.12. The van der Waals surface area contributed by atoms with Crippen LogP contribution < -0.4 is 10.8 Å². The Bertz CT molecular complexity index is 1190. The van der Waals surface area contributed by atoms with Crippen LogP contribution in [0, 0.1) is 5.92 Å². The quantitative estimate of drug-likeness (QED) is 0.149. The summed E-state index contributed by atoms with van der Waals surface area (Å²) in [7, 11) is 1.28. The highest BCUT2D eigenvalue weighted by molar-refractivity contribution is 7.74. The maximum absolute atomic E-state index is 13.4. The van der Waals surface area contributed by atoms with Gasteiger partial charge in [-0.05, 0) is 55.4 Å². The molecule has 36 heavy (non-hydrogen) atoms. The van der Waals surface area contributed by atoms with E-state index in [0.29, 0.717) is 12.1 Å². The molecule has 1 unspecified atom stereocenters. The lowest BCUT2D eigenvalue weighted by molar-refractivity contribution is -0.150. The lowest BCUT2D eigenvalue weighted by Gasteiger charge is -2.21. The van der Waals surface area contributed by atoms with Crippen molar-refractivity contribution in [2.24, 2.45) is 5.92 Å². The van der Waals surface area contributed by atoms with Crippen molar-refractivity contribution in [3.63, 3.8) is 0 Å². The van der Waals surface area contributed by atoms with E-state index in [2.05, 4.69) is 15.1 Å². The van der Waals surface area contributed by atoms with Crippen molar-refractivity contribution in [1.29, 1.82) is 0 Å². The van der Waals surface area contributed by atoms with Crippen molar-refractivity contribution in [3.8, 4) is 0 Å². The van der Waals surface area contributed by atoms with Crippen LogP contribution in [-0.4, -0.2) is 32.7 Å². The smallest absolute Gasteiger partial charge is 0.324 e. The monoisotopic (exact) mass is 529 g/mol. The number of esters is 1. The number of nitrogens with one attached hydrogen (secondary N) is 2. The number of aromatic nitrogens is 1. The fourth-order valence-corrected chi connectivity index (χ4v) is 5.51. The number of ether oxygens (including phenoxy) is 1. The minimum atomic E-state index is -2.44. The fourth-order valence-electron chi connectivity index (χ4n) is 4.14. The van der Waals surface area contributed by atoms with Crippen LogP contribution in [0.25, 0.3) is 0 Å². The van der Waals surface area contributed by atoms with E-state index >= 15 is 0 Å². The number of fused-ring (bicyclic) bond motifs is 1. The molecule has 11 heteroatoms. The summed E-state index contributed by atoms with van der Waals surface area (Å²) >= 11 is -0.836. The van der Waals surface area contributed by atoms with E-state index in [1.807, 2.05) is 42.5 Å². The third-order valence-corrected chi connectivity index (χ3v) is 7.43. The summed E-state index contributed by atoms with van der Waals surface area (Å²) in [6.45, 7) is 0. The van der Waals surface area contributed by atoms with Crippen LogP contribution in [-0.2, 0) is 55.7 Å². The van der Waals surface area contributed by atoms with E-state index in [4.69, 9.17) is 14.3 Å². The van der Waals surface area contributed by atoms with Gasteiger partial charge in [0.25, 0.3) is 0 Å². The van der Waals surface area contributed by atoms with Gasteiger partial charge in [-0.1, -0.05) is 42.5 Å². The van der Waals surface area contributed by atoms with E-state index in [1.165, 1.54) is 12.0 Å². The van der Waals surface area contributed by atoms with Gasteiger partial charge in [-0.15, -0.1) is 15.6 Å². The molecule has 1 aliphatic rings. The highest BCUT2D eigenvalue weighted by atomic mass is 32.2. The second kappa shape index (κ2) is 12.2. The molecule has 0 spiro atoms. The molecule has 3 N–H and O–H groups in total. The third-order valence-electron chi connectivity index (χ3n) is 5.94. The molecule has 3 aromatic rings. The van der Waals surface area contributed by atoms with Crippen LogP contribution in [0.15, 0.2) is 54.6 Å². The van der Waals surface area contributed by atoms with Crippen molar-refractivity contribution < 1.29 is 27.4 Å². The molecule has 1 amide bonds. The van der Waals surface area contributed by atoms with Crippen LogP contribution in [0.1, 0.15) is 39.2 Å². The van der Waals surface area contributed by atoms with E-state index in [9.17, 15) is 13.8 Å². The average molecular weight is 530 g/mol. The maximum atomic E-state index is 13.4. The van der Waals surface area contributed by atoms with E-state index < -0.39 is 35.2 Å². The SMILES string of the molecule is COC(=O)[C@@H](Cc1ccccc1)C(=O)N[C@@H](Cc1ccc(NOS(=O)O)cc1)c1nc2c(s1)CCC2. The van der Waals surface area contributed by atoms with Gasteiger partial charge in [-0.2, -0.15) is 4.21 Å². The van der Waals surface area contributed by atoms with Crippen LogP contribution >= 0.6 is 11.3 Å². The zero-order valence-electron chi connectivity index (χ0n) is 19.6. The Morgan fingerprint density at radius 2 is 1.81 bits per heavy atom. The average Bonchev–Trinajstić information content (AvgIpc) is 3.49. The molecule has 1 heterocycles. The number of carbonyl (C=O) groups excluding carboxylic acids is 2. The van der Waals surface area contributed by atoms with Crippen molar-refractivity contribution in [2.45, 2.75) is 38.1 Å². The molecule has 190 valence electrons. The number of thiazole rings is 1. The topological polar surface area (TPSA) is 127 Å². The Labute approximate surface area is 215 Å². The first kappa shape index (κ1) is 26.0. The Morgan fingerprint density at radius 1 is 1.08 bits per heavy atom. The largest absolute Gasteiger partial charge is 0.468 e. The van der Waals surface area contributed by atoms with E-state index in [-0.39, 0.29) is 6.42 Å². The third kappa shape index (κ3) is 6.76. The highest BCUT2D eigenvalue weighted by Gasteiger charge is 2.31. The normalized spacial score (nSPS) is 14.9. The maximum Gasteiger partial charge on any atom is 0.324 e. The number of benzene rings is 2. The lowest BCUT2D eigenvalue weighted by atomic mass is 9.97. The summed E-state index contributed by atoms with van der Waals surface area (Å²) in [6.07, 6.45) is 3.68. The number of nitrogens with zero attached hydrogens (tertiary/aromatic N) is 1. The predicted octanol–water partition coefficient (Wildman–Crippen LogP) is 3.54. The second-order valence-electron chi connectivity index (χ2n) is 8.41. The number of hydrogen-bond donors (Lipinski definition) is 3. The van der Waals surface area contributed by atoms with E-state index in [0.717, 1.165) is 41.1 Å². The van der Waals surface area contributed by atoms with Crippen LogP contribution in [0.3, 0.4) is 0 Å². The van der Waals surface area contributed by atoms with Crippen molar-refractivity contribution in [2.75, 3.05) is 12.6 Å². The molecule has 4 rings (SSSR count). The first-order chi connectivity index (χ1) is 17.4. The number of amides is 1. The number of anilines is 1. The molecule has 2 aromatic carbocycles. The van der Waals surface area contributed by atoms with Gasteiger partial charge in [-0.3, -0.25) is 14.1 Å². The summed E-state index contributed by atoms with van der Waals surface area (Å²) < 4.78 is 28.9. The zero-order valence-corrected chi connectivity index (χ0v) is 21.3. The highest BCUT2D eigenvalue weighted by Crippen LogP contribution is 2.32. The fraction of sp³-hybridized carbons (Fsp3) is 0.320. The Balaban J connectivity index is 1.54. The van der Waals surface area contributed by atoms with Gasteiger partial charge in [-0.25, -0.2) is 10.5 Å². The predicted molar refractivity (Wildman–Crippen MR) is 136 cm³/mol. The van der Waals surface area contributed by atoms with Gasteiger partial charge < -0.3 is 10.1 Å². The number of aryl methyl sites for hydroxylation is 2. The van der Waals surface area contributed by atoms with Crippen molar-refractivity contribution in [1.82, 2.24) is 10.3 Å². The first-order valence-electron chi connectivity index (χ1n) is 11.5. The summed E-state index contributed by atoms with van der Waals surface area (Å²) in [4.78, 5) is 32.0. The minimum Gasteiger partial charge on any atom is -0.468 e. The van der Waals surface area contributed by atoms with Crippen LogP contribution in [0.4, 0.5) is 5.69 Å². The van der Waals surface area contributed by atoms with Gasteiger partial charge in [0, 0.05) is 4.88 Å². The molecule has 1 aliphatic carbocycles. The number of methoxy groups -OCH3 is 1. The lowest BCUT2D eigenvalue weighted by Crippen LogP contribution is -2.40. The van der Waals surface area contributed by atoms with Crippen molar-refractivity contribution >= 4 is 40.3 Å². The molecule has 1 aromatic heterocycles. The molecule has 0 radical (unpaired) electrons. The standard InChI is InChI=1S/C25H27N3O6S2/c1-33-25(30)19(14-16-6-3-2-4-7-16)23(29)26-21(24-27-20-8-5-9-22(20)35-24)15-17-10-12-18(13-11-17)28-34-36(31)32/h2-4,6-7,10-13,19,21,28H,5,8-9,14-15H2,1H3,(H,26,29)(H,31,32)/t19-,21-/m0/s1. The van der Waals surface area contributed by atoms with Crippen LogP contribution in [0.2, 0.25) is 0 Å². The zero-order chi connectivity index (χ0) is 25.5. The van der Waals surface area contributed by atoms with Gasteiger partial charge in [0.1, 0.15) is 10.9 Å². The molecule has 3 atom stereocenters. The van der Waals surface area contributed by atoms with Gasteiger partial charge in [0.2, 0.25) is 5.91 Å². The molecule has 0 saturated heterocycles. The molecular weight excluding hydrogens is 502 g/mol. The summed E-state index contributed by atoms with van der Waals surface area (Å²) in [5.41, 5.74) is 5.74. The molecule has 0 fully saturated rings. The van der Waals surface area contributed by atoms with Gasteiger partial charge in [0.05, 0.1) is 24.5 Å². The molecule has 0 bridgehead atoms. The van der Waals surface area contributed by atoms with E-state index in [1.54, 1.807) is 23.5 Å². The van der Waals surface area contributed by atoms with Crippen molar-refractivity contribution in [3.05, 3.63) is 81.3 Å². The number of rotatable bonds is 11. The first-order valence-corrected chi connectivity index (χ1v) is 13.3. The summed E-state index contributed by atoms with van der Waals surface area (Å²) in [5, 5.41) is 3.86. The van der Waals surface area contributed by atoms with Gasteiger partial charge >= 0.3 is 17.3 Å². The molecule has 0 saturated carbocycles. The molecule has 0 aliphatic heterocycles. The Kier molecular flexibility index (Phi) is 8.81. The minimum absolute atomic E-state index is 0.229. The molecule has 9 nitrogen and oxygen atoms in total. The second-order valence-corrected chi connectivity index (χ2v) is 10.1.